The predicted molar refractivity (Wildman–Crippen MR) is 240 cm³/mol. The summed E-state index contributed by atoms with van der Waals surface area (Å²) >= 11 is 0. The lowest BCUT2D eigenvalue weighted by atomic mass is 10.1. The highest BCUT2D eigenvalue weighted by Gasteiger charge is 2.35. The second kappa shape index (κ2) is 20.3. The molecule has 0 spiro atoms. The third-order valence-corrected chi connectivity index (χ3v) is 11.0. The van der Waals surface area contributed by atoms with Crippen LogP contribution in [0.4, 0.5) is 31.8 Å². The van der Waals surface area contributed by atoms with Crippen molar-refractivity contribution in [2.45, 2.75) is 93.4 Å². The Balaban J connectivity index is 0.000000227. The molecule has 0 bridgehead atoms. The zero-order chi connectivity index (χ0) is 42.5. The fraction of sp³-hybridized carbons (Fsp3) is 0.391. The second-order valence-electron chi connectivity index (χ2n) is 15.1. The van der Waals surface area contributed by atoms with Gasteiger partial charge in [-0.05, 0) is 87.1 Å². The molecule has 0 unspecified atom stereocenters. The van der Waals surface area contributed by atoms with Gasteiger partial charge in [-0.2, -0.15) is 10.2 Å². The summed E-state index contributed by atoms with van der Waals surface area (Å²) in [5.41, 5.74) is 5.66. The third kappa shape index (κ3) is 10.3. The van der Waals surface area contributed by atoms with E-state index in [2.05, 4.69) is 20.2 Å². The number of aryl methyl sites for hydroxylation is 4. The van der Waals surface area contributed by atoms with E-state index < -0.39 is 0 Å². The zero-order valence-corrected chi connectivity index (χ0v) is 34.8. The summed E-state index contributed by atoms with van der Waals surface area (Å²) in [6.07, 6.45) is 14.0. The van der Waals surface area contributed by atoms with Gasteiger partial charge < -0.3 is 19.6 Å². The minimum atomic E-state index is -0.239. The van der Waals surface area contributed by atoms with Crippen LogP contribution >= 0.6 is 0 Å². The highest BCUT2D eigenvalue weighted by molar-refractivity contribution is 6.04. The number of halogens is 2. The Bertz CT molecular complexity index is 2270. The summed E-state index contributed by atoms with van der Waals surface area (Å²) in [6, 6.07) is 12.4. The molecule has 0 saturated heterocycles. The van der Waals surface area contributed by atoms with E-state index in [0.29, 0.717) is 39.0 Å². The number of nitrogens with zero attached hydrogens (tertiary/aromatic N) is 12. The van der Waals surface area contributed by atoms with Gasteiger partial charge in [-0.15, -0.1) is 0 Å². The fourth-order valence-corrected chi connectivity index (χ4v) is 7.53. The molecule has 328 valence electrons. The molecular formula is C46H58F2N12O2. The molecule has 0 aliphatic carbocycles. The van der Waals surface area contributed by atoms with Gasteiger partial charge in [0.15, 0.2) is 11.6 Å². The quantitative estimate of drug-likeness (QED) is 0.128. The van der Waals surface area contributed by atoms with Gasteiger partial charge in [0.25, 0.3) is 0 Å². The number of fused-ring (bicyclic) bond motifs is 2. The number of aromatic nitrogens is 8. The molecule has 6 aromatic rings. The number of amides is 2. The van der Waals surface area contributed by atoms with E-state index in [9.17, 15) is 18.4 Å². The van der Waals surface area contributed by atoms with E-state index in [1.807, 2.05) is 71.6 Å². The summed E-state index contributed by atoms with van der Waals surface area (Å²) in [5, 5.41) is 8.80. The molecule has 16 heteroatoms. The fourth-order valence-electron chi connectivity index (χ4n) is 7.53. The molecule has 0 radical (unpaired) electrons. The minimum Gasteiger partial charge on any atom is -0.343 e. The average Bonchev–Trinajstić information content (AvgIpc) is 3.91. The van der Waals surface area contributed by atoms with Gasteiger partial charge in [-0.3, -0.25) is 19.0 Å². The number of likely N-dealkylation sites (N-methyl/N-ethyl adjacent to an activating group) is 4. The summed E-state index contributed by atoms with van der Waals surface area (Å²) in [4.78, 5) is 50.6. The summed E-state index contributed by atoms with van der Waals surface area (Å²) in [6.45, 7) is 10.5. The Labute approximate surface area is 363 Å². The standard InChI is InChI=1S/2C22H25FN6O.2CH4/c2*1-4-29-15(2)22(30)27(3)19-12-24-20(26-21(19)29)10-7-17-11-25-28(14-17)13-16-5-8-18(23)9-6-16;;/h2*5-6,8-9,11-12,14-15H,4,7,10,13H2,1-3H3;2*1H4/t2*15-;;/m10../s1. The van der Waals surface area contributed by atoms with Crippen molar-refractivity contribution in [1.82, 2.24) is 39.5 Å². The van der Waals surface area contributed by atoms with Crippen LogP contribution in [-0.4, -0.2) is 90.6 Å². The van der Waals surface area contributed by atoms with Gasteiger partial charge in [0, 0.05) is 52.4 Å². The first-order chi connectivity index (χ1) is 28.9. The van der Waals surface area contributed by atoms with Gasteiger partial charge in [-0.1, -0.05) is 39.1 Å². The third-order valence-electron chi connectivity index (χ3n) is 11.0. The van der Waals surface area contributed by atoms with Crippen LogP contribution in [0.2, 0.25) is 0 Å². The first kappa shape index (κ1) is 46.5. The minimum absolute atomic E-state index is 0. The smallest absolute Gasteiger partial charge is 0.249 e. The first-order valence-corrected chi connectivity index (χ1v) is 20.2. The number of rotatable bonds is 12. The van der Waals surface area contributed by atoms with E-state index in [0.717, 1.165) is 69.8 Å². The van der Waals surface area contributed by atoms with Crippen LogP contribution in [0, 0.1) is 11.6 Å². The van der Waals surface area contributed by atoms with Crippen molar-refractivity contribution in [2.24, 2.45) is 0 Å². The summed E-state index contributed by atoms with van der Waals surface area (Å²) < 4.78 is 29.8. The molecular weight excluding hydrogens is 791 g/mol. The molecule has 14 nitrogen and oxygen atoms in total. The number of carbonyl (C=O) groups excluding carboxylic acids is 2. The summed E-state index contributed by atoms with van der Waals surface area (Å²) in [7, 11) is 3.53. The molecule has 4 aromatic heterocycles. The van der Waals surface area contributed by atoms with Gasteiger partial charge in [-0.25, -0.2) is 28.7 Å². The average molecular weight is 849 g/mol. The van der Waals surface area contributed by atoms with Gasteiger partial charge in [0.05, 0.1) is 37.9 Å². The molecule has 62 heavy (non-hydrogen) atoms. The Kier molecular flexibility index (Phi) is 15.2. The topological polar surface area (TPSA) is 134 Å². The molecule has 0 fully saturated rings. The van der Waals surface area contributed by atoms with Crippen LogP contribution in [0.15, 0.2) is 85.7 Å². The van der Waals surface area contributed by atoms with Gasteiger partial charge in [0.2, 0.25) is 11.8 Å². The number of carbonyl (C=O) groups is 2. The molecule has 6 heterocycles. The van der Waals surface area contributed by atoms with Crippen LogP contribution < -0.4 is 19.6 Å². The maximum Gasteiger partial charge on any atom is 0.249 e. The maximum atomic E-state index is 13.0. The largest absolute Gasteiger partial charge is 0.343 e. The second-order valence-corrected chi connectivity index (χ2v) is 15.1. The summed E-state index contributed by atoms with van der Waals surface area (Å²) in [5.74, 6) is 2.73. The highest BCUT2D eigenvalue weighted by Crippen LogP contribution is 2.34. The Morgan fingerprint density at radius 3 is 1.27 bits per heavy atom. The lowest BCUT2D eigenvalue weighted by Gasteiger charge is -2.38. The van der Waals surface area contributed by atoms with E-state index in [1.54, 1.807) is 60.6 Å². The molecule has 2 amide bonds. The molecule has 2 atom stereocenters. The predicted octanol–water partition coefficient (Wildman–Crippen LogP) is 6.95. The van der Waals surface area contributed by atoms with Gasteiger partial charge >= 0.3 is 0 Å². The van der Waals surface area contributed by atoms with Crippen molar-refractivity contribution in [3.05, 3.63) is 131 Å². The Morgan fingerprint density at radius 1 is 0.548 bits per heavy atom. The maximum absolute atomic E-state index is 13.0. The normalized spacial score (nSPS) is 15.6. The van der Waals surface area contributed by atoms with E-state index in [1.165, 1.54) is 24.3 Å². The van der Waals surface area contributed by atoms with Crippen molar-refractivity contribution in [1.29, 1.82) is 0 Å². The monoisotopic (exact) mass is 848 g/mol. The number of anilines is 4. The van der Waals surface area contributed by atoms with Crippen molar-refractivity contribution >= 4 is 34.8 Å². The molecule has 2 aliphatic heterocycles. The molecule has 0 N–H and O–H groups in total. The van der Waals surface area contributed by atoms with Crippen molar-refractivity contribution in [2.75, 3.05) is 46.8 Å². The van der Waals surface area contributed by atoms with Crippen molar-refractivity contribution in [3.63, 3.8) is 0 Å². The van der Waals surface area contributed by atoms with Crippen molar-refractivity contribution < 1.29 is 18.4 Å². The highest BCUT2D eigenvalue weighted by atomic mass is 19.1. The van der Waals surface area contributed by atoms with Crippen LogP contribution in [0.25, 0.3) is 0 Å². The number of hydrogen-bond donors (Lipinski definition) is 0. The van der Waals surface area contributed by atoms with E-state index >= 15 is 0 Å². The molecule has 2 aromatic carbocycles. The molecule has 2 aliphatic rings. The Morgan fingerprint density at radius 2 is 0.919 bits per heavy atom. The molecule has 8 rings (SSSR count). The lowest BCUT2D eigenvalue weighted by molar-refractivity contribution is -0.120. The van der Waals surface area contributed by atoms with E-state index in [4.69, 9.17) is 9.97 Å². The Hall–Kier alpha value is -6.58. The van der Waals surface area contributed by atoms with Gasteiger partial charge in [0.1, 0.15) is 46.7 Å². The number of hydrogen-bond acceptors (Lipinski definition) is 10. The van der Waals surface area contributed by atoms with Crippen LogP contribution in [0.5, 0.6) is 0 Å². The number of benzene rings is 2. The lowest BCUT2D eigenvalue weighted by Crippen LogP contribution is -2.51. The zero-order valence-electron chi connectivity index (χ0n) is 34.8. The van der Waals surface area contributed by atoms with Crippen molar-refractivity contribution in [3.8, 4) is 0 Å². The SMILES string of the molecule is C.C.CCN1c2nc(CCc3cnn(Cc4ccc(F)cc4)c3)ncc2N(C)C(=O)[C@@H]1C.CCN1c2nc(CCc3cnn(Cc4ccc(F)cc4)c3)ncc2N(C)C(=O)[C@H]1C. The molecule has 0 saturated carbocycles. The van der Waals surface area contributed by atoms with E-state index in [-0.39, 0.29) is 50.4 Å². The van der Waals surface area contributed by atoms with Crippen LogP contribution in [-0.2, 0) is 48.4 Å². The first-order valence-electron chi connectivity index (χ1n) is 20.2. The van der Waals surface area contributed by atoms with Crippen LogP contribution in [0.3, 0.4) is 0 Å². The van der Waals surface area contributed by atoms with Crippen LogP contribution in [0.1, 0.15) is 76.5 Å².